The zero-order valence-electron chi connectivity index (χ0n) is 18.3. The first-order valence-electron chi connectivity index (χ1n) is 10.4. The topological polar surface area (TPSA) is 77.4 Å². The van der Waals surface area contributed by atoms with Crippen molar-refractivity contribution in [3.63, 3.8) is 0 Å². The summed E-state index contributed by atoms with van der Waals surface area (Å²) in [5, 5.41) is 3.76. The van der Waals surface area contributed by atoms with Crippen molar-refractivity contribution in [2.45, 2.75) is 23.2 Å². The van der Waals surface area contributed by atoms with E-state index in [9.17, 15) is 13.2 Å². The molecule has 0 fully saturated rings. The van der Waals surface area contributed by atoms with E-state index < -0.39 is 16.1 Å². The van der Waals surface area contributed by atoms with Crippen LogP contribution in [0.15, 0.2) is 90.0 Å². The first kappa shape index (κ1) is 23.1. The fraction of sp³-hybridized carbons (Fsp3) is 0.160. The molecule has 4 rings (SSSR count). The van der Waals surface area contributed by atoms with Crippen molar-refractivity contribution in [2.75, 3.05) is 7.11 Å². The molecule has 3 aromatic carbocycles. The fourth-order valence-corrected chi connectivity index (χ4v) is 7.20. The number of alkyl carbamates (subject to hydrolysis) is 1. The number of nitrogens with one attached hydrogen (secondary N) is 1. The van der Waals surface area contributed by atoms with E-state index in [0.29, 0.717) is 11.9 Å². The number of fused-ring (bicyclic) bond motifs is 1. The molecular formula is C25H24N2O4SSe. The summed E-state index contributed by atoms with van der Waals surface area (Å²) in [4.78, 5) is 12.0. The molecule has 1 aromatic heterocycles. The summed E-state index contributed by atoms with van der Waals surface area (Å²) in [6, 6.07) is 24.2. The van der Waals surface area contributed by atoms with Gasteiger partial charge in [-0.05, 0) is 0 Å². The van der Waals surface area contributed by atoms with Gasteiger partial charge in [-0.15, -0.1) is 0 Å². The maximum atomic E-state index is 13.5. The van der Waals surface area contributed by atoms with E-state index in [1.54, 1.807) is 36.5 Å². The van der Waals surface area contributed by atoms with Crippen molar-refractivity contribution in [1.82, 2.24) is 9.29 Å². The number of methoxy groups -OCH3 is 1. The van der Waals surface area contributed by atoms with E-state index >= 15 is 0 Å². The third kappa shape index (κ3) is 5.14. The van der Waals surface area contributed by atoms with E-state index in [1.165, 1.54) is 11.1 Å². The number of carbonyl (C=O) groups is 1. The molecule has 1 atom stereocenters. The molecule has 0 aliphatic carbocycles. The Hall–Kier alpha value is -3.06. The van der Waals surface area contributed by atoms with Gasteiger partial charge in [0.25, 0.3) is 0 Å². The van der Waals surface area contributed by atoms with Crippen LogP contribution in [-0.2, 0) is 21.2 Å². The predicted molar refractivity (Wildman–Crippen MR) is 131 cm³/mol. The number of para-hydroxylation sites is 1. The number of ether oxygens (including phenoxy) is 1. The van der Waals surface area contributed by atoms with Gasteiger partial charge in [0.2, 0.25) is 0 Å². The average Bonchev–Trinajstić information content (AvgIpc) is 3.19. The van der Waals surface area contributed by atoms with E-state index in [-0.39, 0.29) is 24.8 Å². The van der Waals surface area contributed by atoms with Crippen molar-refractivity contribution >= 4 is 46.4 Å². The molecule has 6 nitrogen and oxygen atoms in total. The van der Waals surface area contributed by atoms with Crippen LogP contribution in [-0.4, -0.2) is 45.5 Å². The number of hydrogen-bond acceptors (Lipinski definition) is 4. The molecular weight excluding hydrogens is 503 g/mol. The molecule has 0 bridgehead atoms. The van der Waals surface area contributed by atoms with Gasteiger partial charge in [0.1, 0.15) is 0 Å². The minimum atomic E-state index is -3.77. The molecule has 1 amide bonds. The summed E-state index contributed by atoms with van der Waals surface area (Å²) >= 11 is -0.0888. The minimum absolute atomic E-state index is 0.0888. The maximum absolute atomic E-state index is 13.5. The zero-order valence-corrected chi connectivity index (χ0v) is 20.8. The number of amides is 1. The predicted octanol–water partition coefficient (Wildman–Crippen LogP) is 3.44. The Morgan fingerprint density at radius 1 is 1.00 bits per heavy atom. The molecule has 170 valence electrons. The van der Waals surface area contributed by atoms with Crippen LogP contribution in [0.1, 0.15) is 11.1 Å². The number of rotatable bonds is 7. The molecule has 0 radical (unpaired) electrons. The third-order valence-electron chi connectivity index (χ3n) is 5.23. The van der Waals surface area contributed by atoms with Crippen LogP contribution in [0.4, 0.5) is 4.79 Å². The van der Waals surface area contributed by atoms with Crippen LogP contribution >= 0.6 is 0 Å². The number of aryl methyl sites for hydroxylation is 1. The summed E-state index contributed by atoms with van der Waals surface area (Å²) in [5.74, 6) is 0. The van der Waals surface area contributed by atoms with Gasteiger partial charge < -0.3 is 0 Å². The van der Waals surface area contributed by atoms with Gasteiger partial charge in [0.15, 0.2) is 0 Å². The molecule has 1 N–H and O–H groups in total. The quantitative estimate of drug-likeness (QED) is 0.374. The average molecular weight is 528 g/mol. The van der Waals surface area contributed by atoms with E-state index in [2.05, 4.69) is 5.32 Å². The molecule has 0 saturated heterocycles. The van der Waals surface area contributed by atoms with Gasteiger partial charge in [-0.25, -0.2) is 0 Å². The second kappa shape index (κ2) is 9.83. The van der Waals surface area contributed by atoms with Crippen LogP contribution in [0, 0.1) is 6.92 Å². The second-order valence-electron chi connectivity index (χ2n) is 7.54. The molecule has 1 unspecified atom stereocenters. The Balaban J connectivity index is 1.74. The third-order valence-corrected chi connectivity index (χ3v) is 9.25. The Morgan fingerprint density at radius 3 is 2.36 bits per heavy atom. The molecule has 8 heteroatoms. The van der Waals surface area contributed by atoms with Gasteiger partial charge >= 0.3 is 200 Å². The van der Waals surface area contributed by atoms with Gasteiger partial charge in [-0.3, -0.25) is 0 Å². The first-order chi connectivity index (χ1) is 15.9. The Bertz CT molecular complexity index is 1370. The molecule has 0 aliphatic rings. The van der Waals surface area contributed by atoms with Crippen molar-refractivity contribution in [3.05, 3.63) is 96.2 Å². The van der Waals surface area contributed by atoms with Gasteiger partial charge in [0, 0.05) is 0 Å². The van der Waals surface area contributed by atoms with Gasteiger partial charge in [-0.1, -0.05) is 0 Å². The normalized spacial score (nSPS) is 12.4. The Morgan fingerprint density at radius 2 is 1.67 bits per heavy atom. The first-order valence-corrected chi connectivity index (χ1v) is 13.6. The van der Waals surface area contributed by atoms with Crippen LogP contribution in [0.25, 0.3) is 10.9 Å². The molecule has 0 saturated carbocycles. The summed E-state index contributed by atoms with van der Waals surface area (Å²) < 4.78 is 34.2. The van der Waals surface area contributed by atoms with Crippen LogP contribution in [0.3, 0.4) is 0 Å². The zero-order chi connectivity index (χ0) is 23.4. The number of hydrogen-bond donors (Lipinski definition) is 1. The molecule has 0 aliphatic heterocycles. The number of nitrogens with zero attached hydrogens (tertiary/aromatic N) is 1. The second-order valence-corrected chi connectivity index (χ2v) is 12.0. The molecule has 1 heterocycles. The Labute approximate surface area is 199 Å². The van der Waals surface area contributed by atoms with Crippen molar-refractivity contribution < 1.29 is 17.9 Å². The summed E-state index contributed by atoms with van der Waals surface area (Å²) in [6.07, 6.45) is 1.64. The van der Waals surface area contributed by atoms with Crippen molar-refractivity contribution in [3.8, 4) is 0 Å². The van der Waals surface area contributed by atoms with E-state index in [0.717, 1.165) is 21.0 Å². The van der Waals surface area contributed by atoms with Gasteiger partial charge in [-0.2, -0.15) is 0 Å². The van der Waals surface area contributed by atoms with Crippen LogP contribution < -0.4 is 9.78 Å². The molecule has 33 heavy (non-hydrogen) atoms. The fourth-order valence-electron chi connectivity index (χ4n) is 3.58. The van der Waals surface area contributed by atoms with Crippen molar-refractivity contribution in [1.29, 1.82) is 0 Å². The van der Waals surface area contributed by atoms with Crippen LogP contribution in [0.5, 0.6) is 0 Å². The van der Waals surface area contributed by atoms with Gasteiger partial charge in [0.05, 0.1) is 0 Å². The number of carbonyl (C=O) groups excluding carboxylic acids is 1. The van der Waals surface area contributed by atoms with E-state index in [4.69, 9.17) is 4.74 Å². The summed E-state index contributed by atoms with van der Waals surface area (Å²) in [5.41, 5.74) is 2.45. The van der Waals surface area contributed by atoms with E-state index in [1.807, 2.05) is 55.5 Å². The molecule has 0 spiro atoms. The Kier molecular flexibility index (Phi) is 6.88. The summed E-state index contributed by atoms with van der Waals surface area (Å²) in [6.45, 7) is 1.92. The monoisotopic (exact) mass is 528 g/mol. The summed E-state index contributed by atoms with van der Waals surface area (Å²) in [7, 11) is -2.44. The number of aromatic nitrogens is 1. The molecule has 4 aromatic rings. The SMILES string of the molecule is COC(=O)NC(Cc1cn(S(=O)(=O)c2ccc(C)cc2)c2ccccc12)[Se]c1ccccc1. The van der Waals surface area contributed by atoms with Crippen molar-refractivity contribution in [2.24, 2.45) is 0 Å². The number of benzene rings is 3. The van der Waals surface area contributed by atoms with Crippen LogP contribution in [0.2, 0.25) is 0 Å². The standard InChI is InChI=1S/C25H24N2O4SSe/c1-18-12-14-20(15-13-18)32(29,30)27-17-19(22-10-6-7-11-23(22)27)16-24(26-25(28)31-2)33-21-8-4-3-5-9-21/h3-15,17,24H,16H2,1-2H3,(H,26,28).